The van der Waals surface area contributed by atoms with Crippen LogP contribution in [-0.4, -0.2) is 24.1 Å². The van der Waals surface area contributed by atoms with Gasteiger partial charge in [-0.15, -0.1) is 0 Å². The van der Waals surface area contributed by atoms with Crippen molar-refractivity contribution in [3.63, 3.8) is 0 Å². The first kappa shape index (κ1) is 11.2. The fourth-order valence-electron chi connectivity index (χ4n) is 1.69. The average molecular weight is 233 g/mol. The number of anilines is 1. The van der Waals surface area contributed by atoms with Crippen molar-refractivity contribution >= 4 is 17.6 Å². The zero-order chi connectivity index (χ0) is 12.4. The molecule has 0 fully saturated rings. The number of para-hydroxylation sites is 2. The smallest absolute Gasteiger partial charge is 0.333 e. The van der Waals surface area contributed by atoms with Crippen molar-refractivity contribution in [3.05, 3.63) is 36.0 Å². The van der Waals surface area contributed by atoms with Gasteiger partial charge in [-0.3, -0.25) is 9.69 Å². The summed E-state index contributed by atoms with van der Waals surface area (Å²) in [5.74, 6) is -0.814. The van der Waals surface area contributed by atoms with E-state index in [1.165, 1.54) is 18.2 Å². The Hall–Kier alpha value is -2.30. The quantitative estimate of drug-likeness (QED) is 0.856. The summed E-state index contributed by atoms with van der Waals surface area (Å²) < 4.78 is 5.13. The number of benzene rings is 1. The number of hydrogen-bond donors (Lipinski definition) is 1. The van der Waals surface area contributed by atoms with Crippen LogP contribution in [0.2, 0.25) is 0 Å². The first-order chi connectivity index (χ1) is 8.13. The van der Waals surface area contributed by atoms with Gasteiger partial charge in [0.1, 0.15) is 5.75 Å². The predicted octanol–water partition coefficient (Wildman–Crippen LogP) is 1.40. The van der Waals surface area contributed by atoms with E-state index in [1.807, 2.05) is 0 Å². The number of hydrogen-bond acceptors (Lipinski definition) is 3. The summed E-state index contributed by atoms with van der Waals surface area (Å²) in [6.07, 6.45) is 1.25. The highest BCUT2D eigenvalue weighted by Crippen LogP contribution is 2.32. The number of rotatable bonds is 3. The Kier molecular flexibility index (Phi) is 2.82. The second-order valence-electron chi connectivity index (χ2n) is 3.57. The van der Waals surface area contributed by atoms with Crippen LogP contribution < -0.4 is 9.64 Å². The fraction of sp³-hybridized carbons (Fsp3) is 0.167. The SMILES string of the molecule is COc1ccccc1N1C=C(C(=O)O)CC1=O. The standard InChI is InChI=1S/C12H11NO4/c1-17-10-5-3-2-4-9(10)13-7-8(12(15)16)6-11(13)14/h2-5,7H,6H2,1H3,(H,15,16). The normalized spacial score (nSPS) is 14.8. The van der Waals surface area contributed by atoms with Crippen LogP contribution in [0, 0.1) is 0 Å². The summed E-state index contributed by atoms with van der Waals surface area (Å²) in [6.45, 7) is 0. The van der Waals surface area contributed by atoms with Gasteiger partial charge in [-0.1, -0.05) is 12.1 Å². The Labute approximate surface area is 97.9 Å². The van der Waals surface area contributed by atoms with Crippen molar-refractivity contribution in [2.45, 2.75) is 6.42 Å². The van der Waals surface area contributed by atoms with E-state index in [4.69, 9.17) is 9.84 Å². The molecule has 0 aliphatic carbocycles. The van der Waals surface area contributed by atoms with Gasteiger partial charge in [-0.25, -0.2) is 4.79 Å². The van der Waals surface area contributed by atoms with E-state index in [0.717, 1.165) is 0 Å². The summed E-state index contributed by atoms with van der Waals surface area (Å²) in [6, 6.07) is 6.97. The largest absolute Gasteiger partial charge is 0.495 e. The molecule has 0 atom stereocenters. The van der Waals surface area contributed by atoms with Crippen molar-refractivity contribution in [2.24, 2.45) is 0 Å². The van der Waals surface area contributed by atoms with Gasteiger partial charge in [0.05, 0.1) is 24.8 Å². The van der Waals surface area contributed by atoms with Gasteiger partial charge in [0.2, 0.25) is 5.91 Å². The van der Waals surface area contributed by atoms with E-state index in [1.54, 1.807) is 24.3 Å². The second-order valence-corrected chi connectivity index (χ2v) is 3.57. The molecule has 5 heteroatoms. The summed E-state index contributed by atoms with van der Waals surface area (Å²) in [4.78, 5) is 23.8. The van der Waals surface area contributed by atoms with E-state index in [-0.39, 0.29) is 17.9 Å². The molecule has 1 heterocycles. The summed E-state index contributed by atoms with van der Waals surface area (Å²) in [5.41, 5.74) is 0.636. The molecule has 5 nitrogen and oxygen atoms in total. The van der Waals surface area contributed by atoms with Gasteiger partial charge >= 0.3 is 5.97 Å². The van der Waals surface area contributed by atoms with Crippen LogP contribution in [0.1, 0.15) is 6.42 Å². The Morgan fingerprint density at radius 1 is 1.41 bits per heavy atom. The Balaban J connectivity index is 2.40. The van der Waals surface area contributed by atoms with Crippen LogP contribution in [0.5, 0.6) is 5.75 Å². The van der Waals surface area contributed by atoms with Gasteiger partial charge in [-0.2, -0.15) is 0 Å². The van der Waals surface area contributed by atoms with Crippen molar-refractivity contribution in [1.29, 1.82) is 0 Å². The first-order valence-corrected chi connectivity index (χ1v) is 5.02. The second kappa shape index (κ2) is 4.29. The van der Waals surface area contributed by atoms with E-state index < -0.39 is 5.97 Å². The molecule has 0 unspecified atom stereocenters. The highest BCUT2D eigenvalue weighted by molar-refractivity contribution is 6.07. The molecule has 88 valence electrons. The van der Waals surface area contributed by atoms with Crippen LogP contribution in [0.15, 0.2) is 36.0 Å². The third-order valence-electron chi connectivity index (χ3n) is 2.51. The maximum absolute atomic E-state index is 11.7. The molecule has 1 aromatic carbocycles. The topological polar surface area (TPSA) is 66.8 Å². The molecule has 1 N–H and O–H groups in total. The van der Waals surface area contributed by atoms with Crippen LogP contribution in [0.3, 0.4) is 0 Å². The average Bonchev–Trinajstić information content (AvgIpc) is 2.71. The molecule has 0 bridgehead atoms. The lowest BCUT2D eigenvalue weighted by Gasteiger charge is -2.16. The van der Waals surface area contributed by atoms with Crippen LogP contribution in [0.4, 0.5) is 5.69 Å². The van der Waals surface area contributed by atoms with E-state index in [9.17, 15) is 9.59 Å². The number of methoxy groups -OCH3 is 1. The van der Waals surface area contributed by atoms with Gasteiger partial charge in [-0.05, 0) is 12.1 Å². The number of nitrogens with zero attached hydrogens (tertiary/aromatic N) is 1. The van der Waals surface area contributed by atoms with E-state index in [2.05, 4.69) is 0 Å². The Morgan fingerprint density at radius 3 is 2.71 bits per heavy atom. The fourth-order valence-corrected chi connectivity index (χ4v) is 1.69. The number of carbonyl (C=O) groups excluding carboxylic acids is 1. The van der Waals surface area contributed by atoms with Crippen LogP contribution >= 0.6 is 0 Å². The minimum Gasteiger partial charge on any atom is -0.495 e. The third kappa shape index (κ3) is 1.99. The summed E-state index contributed by atoms with van der Waals surface area (Å²) in [7, 11) is 1.50. The molecule has 1 aromatic rings. The zero-order valence-corrected chi connectivity index (χ0v) is 9.21. The van der Waals surface area contributed by atoms with Crippen molar-refractivity contribution in [1.82, 2.24) is 0 Å². The highest BCUT2D eigenvalue weighted by Gasteiger charge is 2.28. The molecule has 1 amide bonds. The molecule has 0 saturated carbocycles. The number of carbonyl (C=O) groups is 2. The molecule has 0 radical (unpaired) electrons. The molecule has 0 spiro atoms. The van der Waals surface area contributed by atoms with E-state index in [0.29, 0.717) is 11.4 Å². The Morgan fingerprint density at radius 2 is 2.12 bits per heavy atom. The first-order valence-electron chi connectivity index (χ1n) is 5.02. The lowest BCUT2D eigenvalue weighted by molar-refractivity contribution is -0.133. The van der Waals surface area contributed by atoms with Gasteiger partial charge in [0.15, 0.2) is 0 Å². The minimum atomic E-state index is -1.07. The monoisotopic (exact) mass is 233 g/mol. The lowest BCUT2D eigenvalue weighted by atomic mass is 10.2. The third-order valence-corrected chi connectivity index (χ3v) is 2.51. The van der Waals surface area contributed by atoms with Crippen molar-refractivity contribution in [2.75, 3.05) is 12.0 Å². The number of carboxylic acid groups (broad SMARTS) is 1. The van der Waals surface area contributed by atoms with Gasteiger partial charge in [0.25, 0.3) is 0 Å². The van der Waals surface area contributed by atoms with Crippen LogP contribution in [-0.2, 0) is 9.59 Å². The number of aliphatic carboxylic acids is 1. The Bertz CT molecular complexity index is 507. The number of carboxylic acids is 1. The molecule has 0 saturated heterocycles. The maximum Gasteiger partial charge on any atom is 0.333 e. The molecule has 2 rings (SSSR count). The highest BCUT2D eigenvalue weighted by atomic mass is 16.5. The summed E-state index contributed by atoms with van der Waals surface area (Å²) in [5, 5.41) is 8.84. The number of amides is 1. The number of ether oxygens (including phenoxy) is 1. The minimum absolute atomic E-state index is 0.0842. The summed E-state index contributed by atoms with van der Waals surface area (Å²) >= 11 is 0. The van der Waals surface area contributed by atoms with Gasteiger partial charge in [0, 0.05) is 6.20 Å². The molecule has 17 heavy (non-hydrogen) atoms. The lowest BCUT2D eigenvalue weighted by Crippen LogP contribution is -2.20. The molecular weight excluding hydrogens is 222 g/mol. The molecular formula is C12H11NO4. The van der Waals surface area contributed by atoms with Crippen LogP contribution in [0.25, 0.3) is 0 Å². The predicted molar refractivity (Wildman–Crippen MR) is 60.8 cm³/mol. The maximum atomic E-state index is 11.7. The van der Waals surface area contributed by atoms with Crippen molar-refractivity contribution in [3.8, 4) is 5.75 Å². The van der Waals surface area contributed by atoms with E-state index >= 15 is 0 Å². The zero-order valence-electron chi connectivity index (χ0n) is 9.21. The molecule has 1 aliphatic rings. The molecule has 1 aliphatic heterocycles. The molecule has 0 aromatic heterocycles. The van der Waals surface area contributed by atoms with Gasteiger partial charge < -0.3 is 9.84 Å². The van der Waals surface area contributed by atoms with Crippen molar-refractivity contribution < 1.29 is 19.4 Å².